The lowest BCUT2D eigenvalue weighted by atomic mass is 9.96. The van der Waals surface area contributed by atoms with Gasteiger partial charge in [-0.05, 0) is 38.0 Å². The molecular formula is C19H25F3N2O3. The first-order valence-electron chi connectivity index (χ1n) is 8.88. The van der Waals surface area contributed by atoms with E-state index in [-0.39, 0.29) is 18.7 Å². The van der Waals surface area contributed by atoms with Crippen molar-refractivity contribution in [2.75, 3.05) is 11.9 Å². The normalized spacial score (nSPS) is 13.7. The van der Waals surface area contributed by atoms with E-state index in [1.54, 1.807) is 0 Å². The van der Waals surface area contributed by atoms with Gasteiger partial charge in [-0.15, -0.1) is 0 Å². The third-order valence-corrected chi connectivity index (χ3v) is 4.26. The Morgan fingerprint density at radius 3 is 2.30 bits per heavy atom. The van der Waals surface area contributed by atoms with E-state index in [4.69, 9.17) is 10.4 Å². The molecule has 0 bridgehead atoms. The first kappa shape index (κ1) is 22.9. The number of unbranched alkanes of at least 4 members (excludes halogenated alkanes) is 5. The zero-order valence-electron chi connectivity index (χ0n) is 15.3. The van der Waals surface area contributed by atoms with E-state index in [2.05, 4.69) is 5.32 Å². The third kappa shape index (κ3) is 7.57. The number of alkyl halides is 3. The summed E-state index contributed by atoms with van der Waals surface area (Å²) in [6, 6.07) is 4.34. The summed E-state index contributed by atoms with van der Waals surface area (Å²) in [5, 5.41) is 30.1. The Bertz CT molecular complexity index is 667. The summed E-state index contributed by atoms with van der Waals surface area (Å²) in [6.45, 7) is 1.49. The first-order chi connectivity index (χ1) is 12.6. The summed E-state index contributed by atoms with van der Waals surface area (Å²) in [5.74, 6) is -0.791. The van der Waals surface area contributed by atoms with Gasteiger partial charge in [0.2, 0.25) is 0 Å². The molecule has 0 unspecified atom stereocenters. The average Bonchev–Trinajstić information content (AvgIpc) is 2.60. The minimum Gasteiger partial charge on any atom is -0.396 e. The summed E-state index contributed by atoms with van der Waals surface area (Å²) in [5.41, 5.74) is -3.51. The number of aliphatic hydroxyl groups excluding tert-OH is 1. The molecule has 27 heavy (non-hydrogen) atoms. The van der Waals surface area contributed by atoms with Gasteiger partial charge in [-0.1, -0.05) is 32.1 Å². The molecule has 0 saturated heterocycles. The molecule has 0 spiro atoms. The lowest BCUT2D eigenvalue weighted by Crippen LogP contribution is -2.40. The lowest BCUT2D eigenvalue weighted by Gasteiger charge is -2.22. The Balaban J connectivity index is 2.62. The van der Waals surface area contributed by atoms with Gasteiger partial charge in [-0.2, -0.15) is 18.4 Å². The van der Waals surface area contributed by atoms with Crippen LogP contribution in [0.2, 0.25) is 0 Å². The number of nitrogens with zero attached hydrogens (tertiary/aromatic N) is 1. The molecule has 150 valence electrons. The Morgan fingerprint density at radius 2 is 1.74 bits per heavy atom. The second kappa shape index (κ2) is 10.3. The number of carbonyl (C=O) groups excluding carboxylic acids is 1. The standard InChI is InChI=1S/C19H25F3N2O3/c1-18(27,10-6-4-2-3-5-7-11-25)17(26)24-15-9-8-14(13-23)16(12-15)19(20,21)22/h8-9,12,25,27H,2-7,10-11H2,1H3,(H,24,26)/t18-/m0/s1. The molecule has 0 radical (unpaired) electrons. The van der Waals surface area contributed by atoms with Crippen LogP contribution in [0.3, 0.4) is 0 Å². The number of amides is 1. The van der Waals surface area contributed by atoms with Gasteiger partial charge >= 0.3 is 6.18 Å². The van der Waals surface area contributed by atoms with Gasteiger partial charge in [0, 0.05) is 12.3 Å². The Labute approximate surface area is 156 Å². The van der Waals surface area contributed by atoms with Crippen molar-refractivity contribution in [1.29, 1.82) is 5.26 Å². The van der Waals surface area contributed by atoms with Crippen LogP contribution in [0.5, 0.6) is 0 Å². The number of aliphatic hydroxyl groups is 2. The van der Waals surface area contributed by atoms with Crippen molar-refractivity contribution in [3.8, 4) is 6.07 Å². The van der Waals surface area contributed by atoms with Crippen LogP contribution in [-0.2, 0) is 11.0 Å². The summed E-state index contributed by atoms with van der Waals surface area (Å²) < 4.78 is 38.9. The van der Waals surface area contributed by atoms with Crippen LogP contribution in [0.15, 0.2) is 18.2 Å². The van der Waals surface area contributed by atoms with E-state index < -0.39 is 28.8 Å². The number of carbonyl (C=O) groups is 1. The number of halogens is 3. The van der Waals surface area contributed by atoms with Gasteiger partial charge in [0.05, 0.1) is 17.2 Å². The highest BCUT2D eigenvalue weighted by Crippen LogP contribution is 2.33. The van der Waals surface area contributed by atoms with Gasteiger partial charge in [-0.3, -0.25) is 4.79 Å². The molecule has 0 fully saturated rings. The van der Waals surface area contributed by atoms with Crippen LogP contribution >= 0.6 is 0 Å². The number of nitrogens with one attached hydrogen (secondary N) is 1. The Hall–Kier alpha value is -2.11. The molecule has 1 atom stereocenters. The predicted molar refractivity (Wildman–Crippen MR) is 94.8 cm³/mol. The number of benzene rings is 1. The molecule has 1 aromatic carbocycles. The predicted octanol–water partition coefficient (Wildman–Crippen LogP) is 3.99. The largest absolute Gasteiger partial charge is 0.417 e. The van der Waals surface area contributed by atoms with Crippen molar-refractivity contribution >= 4 is 11.6 Å². The number of rotatable bonds is 10. The van der Waals surface area contributed by atoms with E-state index in [1.807, 2.05) is 0 Å². The molecule has 0 aromatic heterocycles. The van der Waals surface area contributed by atoms with Crippen LogP contribution in [0.1, 0.15) is 63.0 Å². The maximum Gasteiger partial charge on any atom is 0.417 e. The van der Waals surface area contributed by atoms with Crippen LogP contribution < -0.4 is 5.32 Å². The molecule has 1 amide bonds. The topological polar surface area (TPSA) is 93.3 Å². The van der Waals surface area contributed by atoms with Crippen molar-refractivity contribution in [1.82, 2.24) is 0 Å². The molecule has 1 aromatic rings. The SMILES string of the molecule is C[C@](O)(CCCCCCCCO)C(=O)Nc1ccc(C#N)c(C(F)(F)F)c1. The van der Waals surface area contributed by atoms with E-state index >= 15 is 0 Å². The molecular weight excluding hydrogens is 361 g/mol. The van der Waals surface area contributed by atoms with Crippen molar-refractivity contribution < 1.29 is 28.2 Å². The molecule has 0 heterocycles. The van der Waals surface area contributed by atoms with Gasteiger partial charge in [0.1, 0.15) is 5.60 Å². The van der Waals surface area contributed by atoms with Crippen molar-refractivity contribution in [2.24, 2.45) is 0 Å². The number of hydrogen-bond donors (Lipinski definition) is 3. The third-order valence-electron chi connectivity index (χ3n) is 4.26. The smallest absolute Gasteiger partial charge is 0.396 e. The maximum absolute atomic E-state index is 13.0. The Kier molecular flexibility index (Phi) is 8.73. The van der Waals surface area contributed by atoms with Gasteiger partial charge < -0.3 is 15.5 Å². The zero-order chi connectivity index (χ0) is 20.5. The van der Waals surface area contributed by atoms with Gasteiger partial charge in [-0.25, -0.2) is 0 Å². The fourth-order valence-electron chi connectivity index (χ4n) is 2.62. The highest BCUT2D eigenvalue weighted by molar-refractivity contribution is 5.96. The monoisotopic (exact) mass is 386 g/mol. The number of nitriles is 1. The van der Waals surface area contributed by atoms with E-state index in [1.165, 1.54) is 19.1 Å². The lowest BCUT2D eigenvalue weighted by molar-refractivity contribution is -0.138. The van der Waals surface area contributed by atoms with Crippen LogP contribution in [0.25, 0.3) is 0 Å². The van der Waals surface area contributed by atoms with Crippen LogP contribution in [0.4, 0.5) is 18.9 Å². The van der Waals surface area contributed by atoms with E-state index in [0.29, 0.717) is 12.5 Å². The molecule has 3 N–H and O–H groups in total. The molecule has 1 rings (SSSR count). The van der Waals surface area contributed by atoms with E-state index in [0.717, 1.165) is 38.2 Å². The molecule has 5 nitrogen and oxygen atoms in total. The maximum atomic E-state index is 13.0. The minimum atomic E-state index is -4.72. The molecule has 0 aliphatic rings. The molecule has 0 aliphatic heterocycles. The first-order valence-corrected chi connectivity index (χ1v) is 8.88. The zero-order valence-corrected chi connectivity index (χ0v) is 15.3. The van der Waals surface area contributed by atoms with Crippen LogP contribution in [0, 0.1) is 11.3 Å². The molecule has 0 aliphatic carbocycles. The molecule has 0 saturated carbocycles. The molecule has 8 heteroatoms. The fraction of sp³-hybridized carbons (Fsp3) is 0.579. The quantitative estimate of drug-likeness (QED) is 0.530. The highest BCUT2D eigenvalue weighted by Gasteiger charge is 2.35. The number of anilines is 1. The second-order valence-electron chi connectivity index (χ2n) is 6.69. The summed E-state index contributed by atoms with van der Waals surface area (Å²) in [6.07, 6.45) is 0.428. The fourth-order valence-corrected chi connectivity index (χ4v) is 2.62. The number of hydrogen-bond acceptors (Lipinski definition) is 4. The second-order valence-corrected chi connectivity index (χ2v) is 6.69. The minimum absolute atomic E-state index is 0.129. The van der Waals surface area contributed by atoms with Crippen molar-refractivity contribution in [3.05, 3.63) is 29.3 Å². The summed E-state index contributed by atoms with van der Waals surface area (Å²) in [7, 11) is 0. The average molecular weight is 386 g/mol. The van der Waals surface area contributed by atoms with Crippen LogP contribution in [-0.4, -0.2) is 28.3 Å². The van der Waals surface area contributed by atoms with Crippen molar-refractivity contribution in [2.45, 2.75) is 63.6 Å². The summed E-state index contributed by atoms with van der Waals surface area (Å²) >= 11 is 0. The van der Waals surface area contributed by atoms with Gasteiger partial charge in [0.25, 0.3) is 5.91 Å². The van der Waals surface area contributed by atoms with E-state index in [9.17, 15) is 23.1 Å². The highest BCUT2D eigenvalue weighted by atomic mass is 19.4. The summed E-state index contributed by atoms with van der Waals surface area (Å²) in [4.78, 5) is 12.2. The van der Waals surface area contributed by atoms with Crippen molar-refractivity contribution in [3.63, 3.8) is 0 Å². The van der Waals surface area contributed by atoms with Gasteiger partial charge in [0.15, 0.2) is 0 Å². The Morgan fingerprint density at radius 1 is 1.15 bits per heavy atom.